The lowest BCUT2D eigenvalue weighted by molar-refractivity contribution is 0.313. The zero-order valence-corrected chi connectivity index (χ0v) is 6.30. The lowest BCUT2D eigenvalue weighted by Gasteiger charge is -2.12. The zero-order chi connectivity index (χ0) is 6.85. The fourth-order valence-corrected chi connectivity index (χ4v) is 1.36. The second-order valence-electron chi connectivity index (χ2n) is 3.29. The molecule has 1 fully saturated rings. The van der Waals surface area contributed by atoms with E-state index in [1.54, 1.807) is 0 Å². The quantitative estimate of drug-likeness (QED) is 0.530. The number of hydrogen-bond donors (Lipinski definition) is 1. The molecule has 1 unspecified atom stereocenters. The van der Waals surface area contributed by atoms with Crippen LogP contribution in [0.5, 0.6) is 0 Å². The van der Waals surface area contributed by atoms with Gasteiger partial charge in [0.15, 0.2) is 0 Å². The molecule has 1 aliphatic rings. The van der Waals surface area contributed by atoms with E-state index in [0.29, 0.717) is 0 Å². The van der Waals surface area contributed by atoms with Gasteiger partial charge in [-0.1, -0.05) is 13.8 Å². The Balaban J connectivity index is 2.30. The van der Waals surface area contributed by atoms with Gasteiger partial charge in [0.2, 0.25) is 0 Å². The van der Waals surface area contributed by atoms with Gasteiger partial charge in [-0.05, 0) is 18.3 Å². The van der Waals surface area contributed by atoms with E-state index < -0.39 is 0 Å². The van der Waals surface area contributed by atoms with Crippen LogP contribution in [0, 0.1) is 11.8 Å². The molecule has 0 aromatic carbocycles. The highest BCUT2D eigenvalue weighted by molar-refractivity contribution is 4.73. The molecule has 0 bridgehead atoms. The molecule has 54 valence electrons. The fraction of sp³-hybridized carbons (Fsp3) is 1.00. The van der Waals surface area contributed by atoms with Crippen LogP contribution in [-0.2, 0) is 0 Å². The van der Waals surface area contributed by atoms with Crippen LogP contribution >= 0.6 is 0 Å². The monoisotopic (exact) mass is 128 g/mol. The summed E-state index contributed by atoms with van der Waals surface area (Å²) in [6, 6.07) is 0. The summed E-state index contributed by atoms with van der Waals surface area (Å²) in [5.74, 6) is 7.24. The van der Waals surface area contributed by atoms with E-state index in [-0.39, 0.29) is 0 Å². The van der Waals surface area contributed by atoms with Crippen LogP contribution in [0.4, 0.5) is 0 Å². The molecule has 1 heterocycles. The third kappa shape index (κ3) is 1.66. The predicted octanol–water partition coefficient (Wildman–Crippen LogP) is 0.838. The van der Waals surface area contributed by atoms with Gasteiger partial charge in [-0.25, -0.2) is 5.01 Å². The Morgan fingerprint density at radius 1 is 1.56 bits per heavy atom. The maximum Gasteiger partial charge on any atom is 0.0159 e. The summed E-state index contributed by atoms with van der Waals surface area (Å²) in [5.41, 5.74) is 0. The number of hydrazine groups is 1. The Hall–Kier alpha value is -0.0800. The third-order valence-electron chi connectivity index (χ3n) is 2.20. The molecule has 0 aliphatic carbocycles. The first-order valence-corrected chi connectivity index (χ1v) is 3.70. The largest absolute Gasteiger partial charge is 0.269 e. The van der Waals surface area contributed by atoms with E-state index in [9.17, 15) is 0 Å². The molecule has 1 atom stereocenters. The molecule has 9 heavy (non-hydrogen) atoms. The van der Waals surface area contributed by atoms with Crippen LogP contribution in [0.3, 0.4) is 0 Å². The fourth-order valence-electron chi connectivity index (χ4n) is 1.36. The topological polar surface area (TPSA) is 29.3 Å². The van der Waals surface area contributed by atoms with Crippen molar-refractivity contribution < 1.29 is 0 Å². The number of nitrogens with two attached hydrogens (primary N) is 1. The second kappa shape index (κ2) is 2.67. The first-order valence-electron chi connectivity index (χ1n) is 3.70. The number of nitrogens with zero attached hydrogens (tertiary/aromatic N) is 1. The van der Waals surface area contributed by atoms with Gasteiger partial charge < -0.3 is 0 Å². The zero-order valence-electron chi connectivity index (χ0n) is 6.30. The van der Waals surface area contributed by atoms with Crippen molar-refractivity contribution in [3.05, 3.63) is 0 Å². The first kappa shape index (κ1) is 7.03. The van der Waals surface area contributed by atoms with Crippen molar-refractivity contribution in [1.82, 2.24) is 5.01 Å². The molecule has 0 spiro atoms. The maximum absolute atomic E-state index is 5.60. The average Bonchev–Trinajstić information content (AvgIpc) is 2.14. The first-order chi connectivity index (χ1) is 4.20. The van der Waals surface area contributed by atoms with Crippen molar-refractivity contribution in [2.24, 2.45) is 17.7 Å². The summed E-state index contributed by atoms with van der Waals surface area (Å²) in [6.45, 7) is 6.72. The smallest absolute Gasteiger partial charge is 0.0159 e. The minimum absolute atomic E-state index is 0.804. The molecule has 1 aliphatic heterocycles. The van der Waals surface area contributed by atoms with E-state index in [2.05, 4.69) is 13.8 Å². The third-order valence-corrected chi connectivity index (χ3v) is 2.20. The average molecular weight is 128 g/mol. The Kier molecular flexibility index (Phi) is 2.09. The van der Waals surface area contributed by atoms with Gasteiger partial charge in [-0.2, -0.15) is 0 Å². The van der Waals surface area contributed by atoms with Crippen LogP contribution in [-0.4, -0.2) is 18.1 Å². The van der Waals surface area contributed by atoms with Gasteiger partial charge in [0.05, 0.1) is 0 Å². The van der Waals surface area contributed by atoms with Crippen molar-refractivity contribution in [3.63, 3.8) is 0 Å². The second-order valence-corrected chi connectivity index (χ2v) is 3.29. The molecular formula is C7H16N2. The van der Waals surface area contributed by atoms with Gasteiger partial charge in [0, 0.05) is 13.1 Å². The van der Waals surface area contributed by atoms with E-state index in [1.807, 2.05) is 5.01 Å². The van der Waals surface area contributed by atoms with E-state index in [1.165, 1.54) is 6.42 Å². The summed E-state index contributed by atoms with van der Waals surface area (Å²) in [7, 11) is 0. The normalized spacial score (nSPS) is 30.0. The van der Waals surface area contributed by atoms with Crippen LogP contribution in [0.15, 0.2) is 0 Å². The molecule has 0 radical (unpaired) electrons. The van der Waals surface area contributed by atoms with Crippen molar-refractivity contribution >= 4 is 0 Å². The summed E-state index contributed by atoms with van der Waals surface area (Å²) in [6.07, 6.45) is 1.29. The lowest BCUT2D eigenvalue weighted by Crippen LogP contribution is -2.28. The SMILES string of the molecule is CC(C)C1CCN(N)C1. The summed E-state index contributed by atoms with van der Waals surface area (Å²) in [4.78, 5) is 0. The molecule has 2 N–H and O–H groups in total. The number of rotatable bonds is 1. The van der Waals surface area contributed by atoms with Crippen LogP contribution in [0.1, 0.15) is 20.3 Å². The standard InChI is InChI=1S/C7H16N2/c1-6(2)7-3-4-9(8)5-7/h6-7H,3-5,8H2,1-2H3. The van der Waals surface area contributed by atoms with Crippen LogP contribution < -0.4 is 5.84 Å². The van der Waals surface area contributed by atoms with Crippen molar-refractivity contribution in [2.75, 3.05) is 13.1 Å². The highest BCUT2D eigenvalue weighted by atomic mass is 15.4. The molecule has 0 aromatic heterocycles. The Labute approximate surface area is 57.0 Å². The van der Waals surface area contributed by atoms with E-state index >= 15 is 0 Å². The lowest BCUT2D eigenvalue weighted by atomic mass is 9.96. The number of hydrogen-bond acceptors (Lipinski definition) is 2. The highest BCUT2D eigenvalue weighted by Gasteiger charge is 2.21. The summed E-state index contributed by atoms with van der Waals surface area (Å²) < 4.78 is 0. The maximum atomic E-state index is 5.60. The van der Waals surface area contributed by atoms with Crippen LogP contribution in [0.25, 0.3) is 0 Å². The molecular weight excluding hydrogens is 112 g/mol. The minimum atomic E-state index is 0.804. The van der Waals surface area contributed by atoms with Gasteiger partial charge in [-0.3, -0.25) is 5.84 Å². The molecule has 0 amide bonds. The Bertz CT molecular complexity index is 90.9. The van der Waals surface area contributed by atoms with Gasteiger partial charge in [0.1, 0.15) is 0 Å². The van der Waals surface area contributed by atoms with E-state index in [0.717, 1.165) is 24.9 Å². The molecule has 1 saturated heterocycles. The van der Waals surface area contributed by atoms with Crippen molar-refractivity contribution in [3.8, 4) is 0 Å². The minimum Gasteiger partial charge on any atom is -0.269 e. The van der Waals surface area contributed by atoms with Crippen molar-refractivity contribution in [1.29, 1.82) is 0 Å². The summed E-state index contributed by atoms with van der Waals surface area (Å²) in [5, 5.41) is 1.92. The van der Waals surface area contributed by atoms with Gasteiger partial charge in [0.25, 0.3) is 0 Å². The molecule has 1 rings (SSSR count). The molecule has 0 saturated carbocycles. The van der Waals surface area contributed by atoms with Crippen molar-refractivity contribution in [2.45, 2.75) is 20.3 Å². The molecule has 2 heteroatoms. The van der Waals surface area contributed by atoms with Gasteiger partial charge >= 0.3 is 0 Å². The van der Waals surface area contributed by atoms with Crippen LogP contribution in [0.2, 0.25) is 0 Å². The molecule has 2 nitrogen and oxygen atoms in total. The summed E-state index contributed by atoms with van der Waals surface area (Å²) >= 11 is 0. The Morgan fingerprint density at radius 3 is 2.44 bits per heavy atom. The highest BCUT2D eigenvalue weighted by Crippen LogP contribution is 2.20. The predicted molar refractivity (Wildman–Crippen MR) is 38.7 cm³/mol. The van der Waals surface area contributed by atoms with E-state index in [4.69, 9.17) is 5.84 Å². The molecule has 0 aromatic rings. The van der Waals surface area contributed by atoms with Gasteiger partial charge in [-0.15, -0.1) is 0 Å². The Morgan fingerprint density at radius 2 is 2.22 bits per heavy atom.